The van der Waals surface area contributed by atoms with E-state index in [0.29, 0.717) is 6.42 Å². The highest BCUT2D eigenvalue weighted by Gasteiger charge is 2.52. The average molecular weight is 524 g/mol. The van der Waals surface area contributed by atoms with Crippen molar-refractivity contribution in [3.05, 3.63) is 0 Å². The quantitative estimate of drug-likeness (QED) is 0.0802. The van der Waals surface area contributed by atoms with Gasteiger partial charge in [-0.05, 0) is 29.4 Å². The average Bonchev–Trinajstić information content (AvgIpc) is 2.68. The minimum atomic E-state index is -4.65. The number of carbonyl (C=O) groups excluding carboxylic acids is 1. The van der Waals surface area contributed by atoms with Crippen molar-refractivity contribution in [1.82, 2.24) is 5.32 Å². The lowest BCUT2D eigenvalue weighted by Crippen LogP contribution is -2.67. The second kappa shape index (κ2) is 16.6. The van der Waals surface area contributed by atoms with E-state index < -0.39 is 24.2 Å². The first-order chi connectivity index (χ1) is 15.7. The minimum Gasteiger partial charge on any atom is -0.347 e. The van der Waals surface area contributed by atoms with Crippen LogP contribution in [0, 0.1) is 10.8 Å². The number of thiol groups is 1. The standard InChI is InChI=1S/C26H54NO5PS/c1-24(2,3)26(25(4,5)6,22-32-33(29,30)31)27-23(28)20-18-16-14-12-10-8-7-9-11-13-15-17-19-21-34/h34H,7-22H2,1-6H3,(H,27,28)(H2,29,30,31). The van der Waals surface area contributed by atoms with Crippen molar-refractivity contribution >= 4 is 26.4 Å². The van der Waals surface area contributed by atoms with Crippen molar-refractivity contribution < 1.29 is 23.7 Å². The maximum absolute atomic E-state index is 12.8. The number of amides is 1. The molecule has 0 aromatic heterocycles. The van der Waals surface area contributed by atoms with Gasteiger partial charge in [-0.15, -0.1) is 0 Å². The molecule has 0 fully saturated rings. The molecular weight excluding hydrogens is 469 g/mol. The van der Waals surface area contributed by atoms with E-state index in [9.17, 15) is 19.1 Å². The van der Waals surface area contributed by atoms with Crippen molar-refractivity contribution in [3.8, 4) is 0 Å². The zero-order chi connectivity index (χ0) is 26.3. The van der Waals surface area contributed by atoms with E-state index in [1.807, 2.05) is 41.5 Å². The summed E-state index contributed by atoms with van der Waals surface area (Å²) in [5.41, 5.74) is -1.87. The summed E-state index contributed by atoms with van der Waals surface area (Å²) in [6.07, 6.45) is 16.5. The zero-order valence-electron chi connectivity index (χ0n) is 22.8. The number of hydrogen-bond donors (Lipinski definition) is 4. The molecule has 0 radical (unpaired) electrons. The van der Waals surface area contributed by atoms with Gasteiger partial charge in [-0.1, -0.05) is 112 Å². The third kappa shape index (κ3) is 14.5. The monoisotopic (exact) mass is 523 g/mol. The Morgan fingerprint density at radius 1 is 0.735 bits per heavy atom. The molecule has 8 heteroatoms. The van der Waals surface area contributed by atoms with Gasteiger partial charge in [-0.2, -0.15) is 12.6 Å². The van der Waals surface area contributed by atoms with Crippen LogP contribution in [-0.2, 0) is 13.9 Å². The first-order valence-electron chi connectivity index (χ1n) is 13.3. The molecule has 0 aromatic carbocycles. The lowest BCUT2D eigenvalue weighted by Gasteiger charge is -2.53. The molecule has 0 unspecified atom stereocenters. The number of rotatable bonds is 19. The predicted molar refractivity (Wildman–Crippen MR) is 146 cm³/mol. The highest BCUT2D eigenvalue weighted by Crippen LogP contribution is 2.47. The van der Waals surface area contributed by atoms with Crippen LogP contribution in [0.4, 0.5) is 0 Å². The number of unbranched alkanes of at least 4 members (excludes halogenated alkanes) is 12. The number of nitrogens with one attached hydrogen (secondary N) is 1. The molecule has 34 heavy (non-hydrogen) atoms. The SMILES string of the molecule is CC(C)(C)C(COP(=O)(O)O)(NC(=O)CCCCCCCCCCCCCCCS)C(C)(C)C. The first kappa shape index (κ1) is 33.9. The number of hydrogen-bond acceptors (Lipinski definition) is 4. The third-order valence-corrected chi connectivity index (χ3v) is 7.71. The van der Waals surface area contributed by atoms with Crippen molar-refractivity contribution in [2.24, 2.45) is 10.8 Å². The summed E-state index contributed by atoms with van der Waals surface area (Å²) in [6, 6.07) is 0. The Labute approximate surface area is 215 Å². The Balaban J connectivity index is 4.29. The normalized spacial score (nSPS) is 13.3. The Morgan fingerprint density at radius 2 is 1.09 bits per heavy atom. The van der Waals surface area contributed by atoms with Crippen molar-refractivity contribution in [2.75, 3.05) is 12.4 Å². The van der Waals surface area contributed by atoms with Gasteiger partial charge in [0.1, 0.15) is 0 Å². The van der Waals surface area contributed by atoms with Crippen molar-refractivity contribution in [2.45, 2.75) is 137 Å². The molecule has 0 bridgehead atoms. The van der Waals surface area contributed by atoms with E-state index >= 15 is 0 Å². The Bertz CT molecular complexity index is 581. The number of carbonyl (C=O) groups is 1. The summed E-state index contributed by atoms with van der Waals surface area (Å²) in [7, 11) is -4.65. The van der Waals surface area contributed by atoms with Gasteiger partial charge in [-0.3, -0.25) is 9.32 Å². The van der Waals surface area contributed by atoms with Crippen LogP contribution in [0.2, 0.25) is 0 Å². The molecule has 6 nitrogen and oxygen atoms in total. The fourth-order valence-electron chi connectivity index (χ4n) is 4.79. The van der Waals surface area contributed by atoms with Gasteiger partial charge >= 0.3 is 7.82 Å². The molecule has 0 aliphatic heterocycles. The summed E-state index contributed by atoms with van der Waals surface area (Å²) < 4.78 is 16.3. The molecule has 0 atom stereocenters. The van der Waals surface area contributed by atoms with E-state index in [1.165, 1.54) is 64.2 Å². The molecule has 0 saturated heterocycles. The van der Waals surface area contributed by atoms with Crippen molar-refractivity contribution in [1.29, 1.82) is 0 Å². The summed E-state index contributed by atoms with van der Waals surface area (Å²) >= 11 is 4.25. The smallest absolute Gasteiger partial charge is 0.347 e. The van der Waals surface area contributed by atoms with Crippen LogP contribution in [0.25, 0.3) is 0 Å². The number of phosphoric ester groups is 1. The second-order valence-electron chi connectivity index (χ2n) is 11.8. The Hall–Kier alpha value is -0.0700. The second-order valence-corrected chi connectivity index (χ2v) is 13.5. The van der Waals surface area contributed by atoms with E-state index in [1.54, 1.807) is 0 Å². The van der Waals surface area contributed by atoms with Gasteiger partial charge in [0.2, 0.25) is 5.91 Å². The van der Waals surface area contributed by atoms with Crippen LogP contribution in [-0.4, -0.2) is 33.6 Å². The molecule has 0 aliphatic rings. The lowest BCUT2D eigenvalue weighted by atomic mass is 9.60. The van der Waals surface area contributed by atoms with E-state index in [4.69, 9.17) is 4.52 Å². The fourth-order valence-corrected chi connectivity index (χ4v) is 5.38. The molecule has 3 N–H and O–H groups in total. The molecule has 0 rings (SSSR count). The Kier molecular flexibility index (Phi) is 16.6. The summed E-state index contributed by atoms with van der Waals surface area (Å²) in [4.78, 5) is 31.4. The van der Waals surface area contributed by atoms with Crippen LogP contribution in [0.3, 0.4) is 0 Å². The molecule has 0 spiro atoms. The summed E-state index contributed by atoms with van der Waals surface area (Å²) in [5, 5.41) is 3.12. The molecule has 204 valence electrons. The first-order valence-corrected chi connectivity index (χ1v) is 15.4. The third-order valence-electron chi connectivity index (χ3n) is 6.92. The van der Waals surface area contributed by atoms with Gasteiger partial charge in [0.05, 0.1) is 12.1 Å². The van der Waals surface area contributed by atoms with Crippen LogP contribution in [0.5, 0.6) is 0 Å². The van der Waals surface area contributed by atoms with Crippen LogP contribution >= 0.6 is 20.5 Å². The zero-order valence-corrected chi connectivity index (χ0v) is 24.6. The van der Waals surface area contributed by atoms with Gasteiger partial charge in [0.15, 0.2) is 0 Å². The topological polar surface area (TPSA) is 95.9 Å². The molecular formula is C26H54NO5PS. The van der Waals surface area contributed by atoms with Crippen LogP contribution in [0.1, 0.15) is 131 Å². The molecule has 0 aliphatic carbocycles. The highest BCUT2D eigenvalue weighted by atomic mass is 32.1. The summed E-state index contributed by atoms with van der Waals surface area (Å²) in [5.74, 6) is 0.918. The maximum atomic E-state index is 12.8. The molecule has 0 heterocycles. The lowest BCUT2D eigenvalue weighted by molar-refractivity contribution is -0.130. The van der Waals surface area contributed by atoms with Crippen LogP contribution < -0.4 is 5.32 Å². The van der Waals surface area contributed by atoms with Gasteiger partial charge < -0.3 is 15.1 Å². The van der Waals surface area contributed by atoms with Gasteiger partial charge in [0.25, 0.3) is 0 Å². The molecule has 0 saturated carbocycles. The molecule has 0 aromatic rings. The van der Waals surface area contributed by atoms with E-state index in [-0.39, 0.29) is 12.5 Å². The maximum Gasteiger partial charge on any atom is 0.469 e. The number of phosphoric acid groups is 1. The van der Waals surface area contributed by atoms with Gasteiger partial charge in [0, 0.05) is 6.42 Å². The Morgan fingerprint density at radius 3 is 1.41 bits per heavy atom. The van der Waals surface area contributed by atoms with Gasteiger partial charge in [-0.25, -0.2) is 4.57 Å². The van der Waals surface area contributed by atoms with E-state index in [0.717, 1.165) is 25.0 Å². The van der Waals surface area contributed by atoms with E-state index in [2.05, 4.69) is 17.9 Å². The predicted octanol–water partition coefficient (Wildman–Crippen LogP) is 7.43. The fraction of sp³-hybridized carbons (Fsp3) is 0.962. The highest BCUT2D eigenvalue weighted by molar-refractivity contribution is 7.80. The molecule has 1 amide bonds. The summed E-state index contributed by atoms with van der Waals surface area (Å²) in [6.45, 7) is 11.5. The minimum absolute atomic E-state index is 0.0893. The van der Waals surface area contributed by atoms with Crippen molar-refractivity contribution in [3.63, 3.8) is 0 Å². The largest absolute Gasteiger partial charge is 0.469 e. The van der Waals surface area contributed by atoms with Crippen LogP contribution in [0.15, 0.2) is 0 Å².